The smallest absolute Gasteiger partial charge is 0.272 e. The zero-order chi connectivity index (χ0) is 14.7. The second-order valence-electron chi connectivity index (χ2n) is 4.34. The molecule has 104 valence electrons. The van der Waals surface area contributed by atoms with Crippen LogP contribution in [0, 0.1) is 10.1 Å². The van der Waals surface area contributed by atoms with Crippen molar-refractivity contribution in [2.75, 3.05) is 0 Å². The quantitative estimate of drug-likeness (QED) is 0.658. The lowest BCUT2D eigenvalue weighted by Gasteiger charge is -2.14. The minimum atomic E-state index is -0.402. The maximum Gasteiger partial charge on any atom is 0.272 e. The second kappa shape index (κ2) is 6.35. The van der Waals surface area contributed by atoms with Crippen molar-refractivity contribution in [3.05, 3.63) is 73.2 Å². The van der Waals surface area contributed by atoms with Gasteiger partial charge < -0.3 is 5.73 Å². The Hall–Kier alpha value is -1.43. The van der Waals surface area contributed by atoms with Gasteiger partial charge in [-0.15, -0.1) is 0 Å². The van der Waals surface area contributed by atoms with E-state index >= 15 is 0 Å². The summed E-state index contributed by atoms with van der Waals surface area (Å²) in [6.45, 7) is 0. The molecular weight excluding hydrogens is 344 g/mol. The first kappa shape index (κ1) is 15.0. The molecule has 0 radical (unpaired) electrons. The Morgan fingerprint density at radius 2 is 1.95 bits per heavy atom. The Balaban J connectivity index is 2.30. The van der Waals surface area contributed by atoms with Crippen LogP contribution in [0.1, 0.15) is 17.2 Å². The molecule has 0 aliphatic heterocycles. The molecule has 0 amide bonds. The summed E-state index contributed by atoms with van der Waals surface area (Å²) in [6, 6.07) is 11.7. The molecule has 0 bridgehead atoms. The number of nitrogens with two attached hydrogens (primary N) is 1. The van der Waals surface area contributed by atoms with E-state index in [2.05, 4.69) is 15.9 Å². The monoisotopic (exact) mass is 354 g/mol. The Morgan fingerprint density at radius 1 is 1.25 bits per heavy atom. The number of benzene rings is 2. The molecule has 0 fully saturated rings. The third-order valence-electron chi connectivity index (χ3n) is 3.01. The van der Waals surface area contributed by atoms with Crippen LogP contribution in [0.15, 0.2) is 46.9 Å². The fraction of sp³-hybridized carbons (Fsp3) is 0.143. The first-order valence-corrected chi connectivity index (χ1v) is 7.09. The van der Waals surface area contributed by atoms with E-state index in [0.29, 0.717) is 17.0 Å². The highest BCUT2D eigenvalue weighted by atomic mass is 79.9. The molecule has 0 heterocycles. The van der Waals surface area contributed by atoms with Crippen molar-refractivity contribution >= 4 is 33.2 Å². The summed E-state index contributed by atoms with van der Waals surface area (Å²) in [5.74, 6) is 0. The summed E-state index contributed by atoms with van der Waals surface area (Å²) >= 11 is 9.54. The average molecular weight is 356 g/mol. The number of nitro groups is 1. The van der Waals surface area contributed by atoms with E-state index in [-0.39, 0.29) is 5.69 Å². The van der Waals surface area contributed by atoms with Crippen LogP contribution in [-0.4, -0.2) is 4.92 Å². The molecule has 1 atom stereocenters. The van der Waals surface area contributed by atoms with E-state index in [1.54, 1.807) is 18.2 Å². The molecule has 4 nitrogen and oxygen atoms in total. The summed E-state index contributed by atoms with van der Waals surface area (Å²) in [5, 5.41) is 11.5. The molecule has 0 aromatic heterocycles. The molecule has 2 rings (SSSR count). The Morgan fingerprint density at radius 3 is 2.65 bits per heavy atom. The molecule has 2 aromatic carbocycles. The maximum absolute atomic E-state index is 11.0. The van der Waals surface area contributed by atoms with E-state index in [9.17, 15) is 10.1 Å². The van der Waals surface area contributed by atoms with Gasteiger partial charge in [-0.3, -0.25) is 10.1 Å². The first-order valence-electron chi connectivity index (χ1n) is 5.92. The molecule has 0 saturated heterocycles. The minimum Gasteiger partial charge on any atom is -0.324 e. The predicted octanol–water partition coefficient (Wildman–Crippen LogP) is 4.25. The Bertz CT molecular complexity index is 649. The summed E-state index contributed by atoms with van der Waals surface area (Å²) in [6.07, 6.45) is 0.354. The topological polar surface area (TPSA) is 69.2 Å². The average Bonchev–Trinajstić information content (AvgIpc) is 2.42. The van der Waals surface area contributed by atoms with E-state index < -0.39 is 11.0 Å². The largest absolute Gasteiger partial charge is 0.324 e. The van der Waals surface area contributed by atoms with Gasteiger partial charge in [-0.2, -0.15) is 0 Å². The number of nitro benzene ring substituents is 1. The standard InChI is InChI=1S/C14H12BrClN2O2/c15-11-6-3-5-10(14(11)16)12(17)8-9-4-1-2-7-13(9)18(19)20/h1-7,12H,8,17H2. The molecule has 0 aliphatic carbocycles. The van der Waals surface area contributed by atoms with Crippen LogP contribution in [-0.2, 0) is 6.42 Å². The zero-order valence-corrected chi connectivity index (χ0v) is 12.8. The van der Waals surface area contributed by atoms with Gasteiger partial charge in [0.25, 0.3) is 5.69 Å². The van der Waals surface area contributed by atoms with Crippen molar-refractivity contribution in [3.63, 3.8) is 0 Å². The molecule has 0 saturated carbocycles. The lowest BCUT2D eigenvalue weighted by atomic mass is 9.98. The van der Waals surface area contributed by atoms with E-state index in [0.717, 1.165) is 10.0 Å². The van der Waals surface area contributed by atoms with Crippen molar-refractivity contribution in [1.82, 2.24) is 0 Å². The van der Waals surface area contributed by atoms with Crippen LogP contribution in [0.3, 0.4) is 0 Å². The second-order valence-corrected chi connectivity index (χ2v) is 5.57. The fourth-order valence-electron chi connectivity index (χ4n) is 2.02. The van der Waals surface area contributed by atoms with Gasteiger partial charge in [-0.25, -0.2) is 0 Å². The number of rotatable bonds is 4. The summed E-state index contributed by atoms with van der Waals surface area (Å²) in [5.41, 5.74) is 7.58. The molecule has 0 spiro atoms. The van der Waals surface area contributed by atoms with Gasteiger partial charge in [0.05, 0.1) is 9.95 Å². The van der Waals surface area contributed by atoms with Crippen molar-refractivity contribution < 1.29 is 4.92 Å². The normalized spacial score (nSPS) is 12.2. The van der Waals surface area contributed by atoms with Gasteiger partial charge in [0.15, 0.2) is 0 Å². The van der Waals surface area contributed by atoms with Crippen LogP contribution >= 0.6 is 27.5 Å². The van der Waals surface area contributed by atoms with Crippen LogP contribution in [0.4, 0.5) is 5.69 Å². The highest BCUT2D eigenvalue weighted by Gasteiger charge is 2.18. The van der Waals surface area contributed by atoms with E-state index in [1.807, 2.05) is 18.2 Å². The minimum absolute atomic E-state index is 0.0778. The van der Waals surface area contributed by atoms with E-state index in [1.165, 1.54) is 6.07 Å². The van der Waals surface area contributed by atoms with Crippen LogP contribution in [0.2, 0.25) is 5.02 Å². The van der Waals surface area contributed by atoms with Gasteiger partial charge in [0.2, 0.25) is 0 Å². The lowest BCUT2D eigenvalue weighted by Crippen LogP contribution is -2.14. The molecule has 2 aromatic rings. The summed E-state index contributed by atoms with van der Waals surface area (Å²) in [7, 11) is 0. The third kappa shape index (κ3) is 3.17. The van der Waals surface area contributed by atoms with Gasteiger partial charge in [-0.05, 0) is 34.0 Å². The number of hydrogen-bond donors (Lipinski definition) is 1. The molecule has 2 N–H and O–H groups in total. The Kier molecular flexibility index (Phi) is 4.75. The molecule has 20 heavy (non-hydrogen) atoms. The third-order valence-corrected chi connectivity index (χ3v) is 4.32. The summed E-state index contributed by atoms with van der Waals surface area (Å²) < 4.78 is 0.759. The first-order chi connectivity index (χ1) is 9.50. The van der Waals surface area contributed by atoms with Gasteiger partial charge in [0.1, 0.15) is 0 Å². The van der Waals surface area contributed by atoms with Crippen LogP contribution in [0.25, 0.3) is 0 Å². The molecular formula is C14H12BrClN2O2. The number of nitrogens with zero attached hydrogens (tertiary/aromatic N) is 1. The lowest BCUT2D eigenvalue weighted by molar-refractivity contribution is -0.385. The number of hydrogen-bond acceptors (Lipinski definition) is 3. The number of para-hydroxylation sites is 1. The van der Waals surface area contributed by atoms with Crippen LogP contribution < -0.4 is 5.73 Å². The predicted molar refractivity (Wildman–Crippen MR) is 82.9 cm³/mol. The molecule has 6 heteroatoms. The van der Waals surface area contributed by atoms with Crippen molar-refractivity contribution in [3.8, 4) is 0 Å². The van der Waals surface area contributed by atoms with Gasteiger partial charge in [0, 0.05) is 22.1 Å². The Labute approximate surface area is 129 Å². The maximum atomic E-state index is 11.0. The van der Waals surface area contributed by atoms with Crippen molar-refractivity contribution in [1.29, 1.82) is 0 Å². The molecule has 0 aliphatic rings. The van der Waals surface area contributed by atoms with E-state index in [4.69, 9.17) is 17.3 Å². The zero-order valence-electron chi connectivity index (χ0n) is 10.4. The SMILES string of the molecule is NC(Cc1ccccc1[N+](=O)[O-])c1cccc(Br)c1Cl. The summed E-state index contributed by atoms with van der Waals surface area (Å²) in [4.78, 5) is 10.6. The highest BCUT2D eigenvalue weighted by molar-refractivity contribution is 9.10. The van der Waals surface area contributed by atoms with Crippen molar-refractivity contribution in [2.24, 2.45) is 5.73 Å². The highest BCUT2D eigenvalue weighted by Crippen LogP contribution is 2.32. The number of halogens is 2. The van der Waals surface area contributed by atoms with Crippen molar-refractivity contribution in [2.45, 2.75) is 12.5 Å². The van der Waals surface area contributed by atoms with Gasteiger partial charge >= 0.3 is 0 Å². The molecule has 1 unspecified atom stereocenters. The van der Waals surface area contributed by atoms with Crippen LogP contribution in [0.5, 0.6) is 0 Å². The van der Waals surface area contributed by atoms with Gasteiger partial charge in [-0.1, -0.05) is 41.9 Å². The fourth-order valence-corrected chi connectivity index (χ4v) is 2.66.